The summed E-state index contributed by atoms with van der Waals surface area (Å²) in [7, 11) is 0. The molecule has 0 bridgehead atoms. The molecule has 0 heterocycles. The Morgan fingerprint density at radius 3 is 2.53 bits per heavy atom. The minimum atomic E-state index is -1.88. The number of carboxylic acids is 2. The Morgan fingerprint density at radius 1 is 1.47 bits per heavy atom. The predicted molar refractivity (Wildman–Crippen MR) is 50.1 cm³/mol. The molecule has 1 atom stereocenters. The molecule has 0 radical (unpaired) electrons. The zero-order chi connectivity index (χ0) is 11.5. The van der Waals surface area contributed by atoms with Crippen LogP contribution >= 0.6 is 0 Å². The van der Waals surface area contributed by atoms with Crippen molar-refractivity contribution in [2.24, 2.45) is 0 Å². The first-order chi connectivity index (χ1) is 6.94. The highest BCUT2D eigenvalue weighted by Crippen LogP contribution is 2.19. The van der Waals surface area contributed by atoms with Gasteiger partial charge in [0.2, 0.25) is 0 Å². The number of nitrogens with one attached hydrogen (secondary N) is 1. The fraction of sp³-hybridized carbons (Fsp3) is 0.333. The minimum absolute atomic E-state index is 0.0826. The molecule has 82 valence electrons. The SMILES string of the molecule is O=C(O)CNC1=CC[C@@](O)(C(=O)O)C=C1. The molecule has 0 saturated carbocycles. The van der Waals surface area contributed by atoms with Crippen LogP contribution in [-0.4, -0.2) is 39.4 Å². The van der Waals surface area contributed by atoms with E-state index < -0.39 is 17.5 Å². The molecule has 0 unspecified atom stereocenters. The van der Waals surface area contributed by atoms with E-state index in [0.29, 0.717) is 5.70 Å². The second-order valence-corrected chi connectivity index (χ2v) is 3.17. The molecule has 1 aliphatic carbocycles. The molecule has 6 heteroatoms. The van der Waals surface area contributed by atoms with E-state index in [2.05, 4.69) is 5.32 Å². The first kappa shape index (κ1) is 11.3. The van der Waals surface area contributed by atoms with Gasteiger partial charge < -0.3 is 20.6 Å². The maximum atomic E-state index is 10.6. The number of aliphatic carboxylic acids is 2. The number of allylic oxidation sites excluding steroid dienone is 1. The first-order valence-electron chi connectivity index (χ1n) is 4.25. The summed E-state index contributed by atoms with van der Waals surface area (Å²) in [5.74, 6) is -2.34. The Balaban J connectivity index is 2.57. The lowest BCUT2D eigenvalue weighted by atomic mass is 9.94. The van der Waals surface area contributed by atoms with Gasteiger partial charge in [-0.05, 0) is 12.2 Å². The van der Waals surface area contributed by atoms with E-state index in [0.717, 1.165) is 6.08 Å². The van der Waals surface area contributed by atoms with Gasteiger partial charge in [-0.25, -0.2) is 4.79 Å². The summed E-state index contributed by atoms with van der Waals surface area (Å²) in [5.41, 5.74) is -1.39. The van der Waals surface area contributed by atoms with E-state index in [9.17, 15) is 14.7 Å². The molecule has 1 rings (SSSR count). The lowest BCUT2D eigenvalue weighted by Gasteiger charge is -2.21. The van der Waals surface area contributed by atoms with Crippen LogP contribution in [0.2, 0.25) is 0 Å². The molecule has 4 N–H and O–H groups in total. The molecule has 0 amide bonds. The Morgan fingerprint density at radius 2 is 2.13 bits per heavy atom. The second kappa shape index (κ2) is 4.14. The van der Waals surface area contributed by atoms with Crippen molar-refractivity contribution in [1.82, 2.24) is 5.32 Å². The van der Waals surface area contributed by atoms with Crippen LogP contribution in [0.5, 0.6) is 0 Å². The zero-order valence-electron chi connectivity index (χ0n) is 7.80. The molecular weight excluding hydrogens is 202 g/mol. The summed E-state index contributed by atoms with van der Waals surface area (Å²) in [4.78, 5) is 20.8. The fourth-order valence-corrected chi connectivity index (χ4v) is 1.10. The van der Waals surface area contributed by atoms with E-state index in [-0.39, 0.29) is 13.0 Å². The summed E-state index contributed by atoms with van der Waals surface area (Å²) < 4.78 is 0. The van der Waals surface area contributed by atoms with Gasteiger partial charge in [0.25, 0.3) is 0 Å². The third kappa shape index (κ3) is 2.81. The third-order valence-electron chi connectivity index (χ3n) is 1.99. The van der Waals surface area contributed by atoms with Gasteiger partial charge in [0.1, 0.15) is 6.54 Å². The summed E-state index contributed by atoms with van der Waals surface area (Å²) in [6, 6.07) is 0. The molecule has 0 spiro atoms. The van der Waals surface area contributed by atoms with Crippen LogP contribution in [0.3, 0.4) is 0 Å². The highest BCUT2D eigenvalue weighted by atomic mass is 16.4. The van der Waals surface area contributed by atoms with Crippen molar-refractivity contribution >= 4 is 11.9 Å². The van der Waals surface area contributed by atoms with Gasteiger partial charge in [-0.2, -0.15) is 0 Å². The van der Waals surface area contributed by atoms with Crippen molar-refractivity contribution in [3.05, 3.63) is 23.9 Å². The summed E-state index contributed by atoms with van der Waals surface area (Å²) in [6.45, 7) is -0.248. The predicted octanol–water partition coefficient (Wildman–Crippen LogP) is -0.680. The maximum Gasteiger partial charge on any atom is 0.340 e. The van der Waals surface area contributed by atoms with Crippen LogP contribution in [0.1, 0.15) is 6.42 Å². The standard InChI is InChI=1S/C9H11NO5/c11-7(12)5-10-6-1-3-9(15,4-2-6)8(13)14/h1-3,10,15H,4-5H2,(H,11,12)(H,13,14)/t9-/m1/s1. The molecule has 1 aliphatic rings. The second-order valence-electron chi connectivity index (χ2n) is 3.17. The van der Waals surface area contributed by atoms with Crippen LogP contribution < -0.4 is 5.32 Å². The topological polar surface area (TPSA) is 107 Å². The first-order valence-corrected chi connectivity index (χ1v) is 4.25. The van der Waals surface area contributed by atoms with Gasteiger partial charge in [0.05, 0.1) is 0 Å². The lowest BCUT2D eigenvalue weighted by molar-refractivity contribution is -0.153. The number of rotatable bonds is 4. The normalized spacial score (nSPS) is 24.5. The van der Waals surface area contributed by atoms with Gasteiger partial charge in [0, 0.05) is 12.1 Å². The zero-order valence-corrected chi connectivity index (χ0v) is 7.80. The summed E-state index contributed by atoms with van der Waals surface area (Å²) in [6.07, 6.45) is 3.83. The molecule has 0 aliphatic heterocycles. The summed E-state index contributed by atoms with van der Waals surface area (Å²) in [5, 5.41) is 29.1. The molecule has 6 nitrogen and oxygen atoms in total. The van der Waals surface area contributed by atoms with E-state index in [1.165, 1.54) is 12.2 Å². The average Bonchev–Trinajstić information content (AvgIpc) is 2.16. The highest BCUT2D eigenvalue weighted by Gasteiger charge is 2.33. The minimum Gasteiger partial charge on any atom is -0.480 e. The smallest absolute Gasteiger partial charge is 0.340 e. The van der Waals surface area contributed by atoms with E-state index in [1.54, 1.807) is 0 Å². The molecular formula is C9H11NO5. The number of aliphatic hydroxyl groups is 1. The van der Waals surface area contributed by atoms with Crippen molar-refractivity contribution in [2.45, 2.75) is 12.0 Å². The van der Waals surface area contributed by atoms with E-state index in [4.69, 9.17) is 10.2 Å². The average molecular weight is 213 g/mol. The largest absolute Gasteiger partial charge is 0.480 e. The third-order valence-corrected chi connectivity index (χ3v) is 1.99. The Kier molecular flexibility index (Phi) is 3.11. The molecule has 0 aromatic rings. The van der Waals surface area contributed by atoms with Crippen molar-refractivity contribution in [3.8, 4) is 0 Å². The Hall–Kier alpha value is -1.82. The fourth-order valence-electron chi connectivity index (χ4n) is 1.10. The van der Waals surface area contributed by atoms with Gasteiger partial charge in [-0.15, -0.1) is 0 Å². The van der Waals surface area contributed by atoms with Crippen molar-refractivity contribution in [2.75, 3.05) is 6.54 Å². The number of hydrogen-bond donors (Lipinski definition) is 4. The number of carbonyl (C=O) groups is 2. The molecule has 0 fully saturated rings. The van der Waals surface area contributed by atoms with Gasteiger partial charge >= 0.3 is 11.9 Å². The molecule has 0 aromatic carbocycles. The Bertz CT molecular complexity index is 346. The molecule has 15 heavy (non-hydrogen) atoms. The van der Waals surface area contributed by atoms with Crippen molar-refractivity contribution < 1.29 is 24.9 Å². The van der Waals surface area contributed by atoms with Crippen molar-refractivity contribution in [1.29, 1.82) is 0 Å². The monoisotopic (exact) mass is 213 g/mol. The van der Waals surface area contributed by atoms with Crippen molar-refractivity contribution in [3.63, 3.8) is 0 Å². The molecule has 0 saturated heterocycles. The van der Waals surface area contributed by atoms with Crippen LogP contribution in [0.4, 0.5) is 0 Å². The van der Waals surface area contributed by atoms with Gasteiger partial charge in [-0.3, -0.25) is 4.79 Å². The van der Waals surface area contributed by atoms with Crippen LogP contribution in [0.25, 0.3) is 0 Å². The number of carboxylic acid groups (broad SMARTS) is 2. The van der Waals surface area contributed by atoms with Gasteiger partial charge in [-0.1, -0.05) is 6.08 Å². The number of hydrogen-bond acceptors (Lipinski definition) is 4. The quantitative estimate of drug-likeness (QED) is 0.493. The Labute approximate surface area is 85.5 Å². The highest BCUT2D eigenvalue weighted by molar-refractivity contribution is 5.80. The van der Waals surface area contributed by atoms with Crippen LogP contribution in [0, 0.1) is 0 Å². The van der Waals surface area contributed by atoms with E-state index >= 15 is 0 Å². The lowest BCUT2D eigenvalue weighted by Crippen LogP contribution is -2.37. The van der Waals surface area contributed by atoms with Crippen LogP contribution in [0.15, 0.2) is 23.9 Å². The van der Waals surface area contributed by atoms with E-state index in [1.807, 2.05) is 0 Å². The summed E-state index contributed by atoms with van der Waals surface area (Å²) >= 11 is 0. The maximum absolute atomic E-state index is 10.6. The van der Waals surface area contributed by atoms with Crippen LogP contribution in [-0.2, 0) is 9.59 Å². The molecule has 0 aromatic heterocycles. The van der Waals surface area contributed by atoms with Gasteiger partial charge in [0.15, 0.2) is 5.60 Å².